The summed E-state index contributed by atoms with van der Waals surface area (Å²) < 4.78 is 9.01. The summed E-state index contributed by atoms with van der Waals surface area (Å²) >= 11 is 0. The van der Waals surface area contributed by atoms with E-state index in [-0.39, 0.29) is 10.6 Å². The molecule has 1 aromatic rings. The molecule has 9 heteroatoms. The number of carbonyl (C=O) groups is 1. The third-order valence-electron chi connectivity index (χ3n) is 2.94. The van der Waals surface area contributed by atoms with Crippen LogP contribution >= 0.6 is 0 Å². The van der Waals surface area contributed by atoms with Gasteiger partial charge in [-0.05, 0) is 32.6 Å². The highest BCUT2D eigenvalue weighted by Gasteiger charge is 2.23. The van der Waals surface area contributed by atoms with E-state index in [0.717, 1.165) is 0 Å². The van der Waals surface area contributed by atoms with Gasteiger partial charge >= 0.3 is 12.0 Å². The highest BCUT2D eigenvalue weighted by atomic mass is 16.8. The molecular formula is C12H22N4O5. The van der Waals surface area contributed by atoms with Gasteiger partial charge in [-0.25, -0.2) is 4.79 Å². The number of ether oxygens (including phenoxy) is 1. The third-order valence-corrected chi connectivity index (χ3v) is 2.94. The van der Waals surface area contributed by atoms with E-state index in [1.807, 2.05) is 0 Å². The predicted molar refractivity (Wildman–Crippen MR) is 72.4 cm³/mol. The molecule has 0 spiro atoms. The van der Waals surface area contributed by atoms with Crippen LogP contribution in [0.4, 0.5) is 4.79 Å². The largest absolute Gasteiger partial charge is 0.415 e. The van der Waals surface area contributed by atoms with Crippen molar-refractivity contribution in [3.05, 3.63) is 10.9 Å². The van der Waals surface area contributed by atoms with Crippen molar-refractivity contribution in [2.75, 3.05) is 13.1 Å². The first-order valence-corrected chi connectivity index (χ1v) is 6.77. The fourth-order valence-electron chi connectivity index (χ4n) is 1.98. The summed E-state index contributed by atoms with van der Waals surface area (Å²) in [6, 6.07) is 0.705. The van der Waals surface area contributed by atoms with Gasteiger partial charge in [0.15, 0.2) is 0 Å². The summed E-state index contributed by atoms with van der Waals surface area (Å²) in [5, 5.41) is 25.9. The molecule has 1 aromatic heterocycles. The lowest BCUT2D eigenvalue weighted by Crippen LogP contribution is -2.43. The van der Waals surface area contributed by atoms with Gasteiger partial charge in [0.1, 0.15) is 6.61 Å². The van der Waals surface area contributed by atoms with Crippen LogP contribution in [-0.4, -0.2) is 46.4 Å². The number of aromatic nitrogens is 2. The average Bonchev–Trinajstić information content (AvgIpc) is 2.74. The number of nitrogens with zero attached hydrogens (tertiary/aromatic N) is 3. The van der Waals surface area contributed by atoms with Gasteiger partial charge in [-0.3, -0.25) is 9.53 Å². The Labute approximate surface area is 123 Å². The Kier molecular flexibility index (Phi) is 6.38. The molecule has 0 unspecified atom stereocenters. The third kappa shape index (κ3) is 4.87. The number of aliphatic hydroxyl groups is 1. The summed E-state index contributed by atoms with van der Waals surface area (Å²) in [6.07, 6.45) is -0.801. The van der Waals surface area contributed by atoms with Crippen LogP contribution < -0.4 is 15.0 Å². The number of amides is 1. The van der Waals surface area contributed by atoms with Crippen LogP contribution in [0, 0.1) is 5.21 Å². The Morgan fingerprint density at radius 3 is 2.62 bits per heavy atom. The van der Waals surface area contributed by atoms with E-state index in [0.29, 0.717) is 25.2 Å². The second kappa shape index (κ2) is 7.79. The number of carbonyl (C=O) groups excluding carboxylic acids is 1. The van der Waals surface area contributed by atoms with Gasteiger partial charge in [0, 0.05) is 30.3 Å². The van der Waals surface area contributed by atoms with Crippen LogP contribution in [0.1, 0.15) is 33.4 Å². The first-order valence-electron chi connectivity index (χ1n) is 6.77. The maximum absolute atomic E-state index is 11.6. The van der Waals surface area contributed by atoms with E-state index in [1.165, 1.54) is 0 Å². The molecule has 0 aliphatic rings. The first-order chi connectivity index (χ1) is 9.86. The lowest BCUT2D eigenvalue weighted by atomic mass is 10.2. The van der Waals surface area contributed by atoms with E-state index in [9.17, 15) is 10.0 Å². The molecule has 0 fully saturated rings. The molecule has 0 saturated carbocycles. The molecule has 0 bridgehead atoms. The molecule has 1 amide bonds. The predicted octanol–water partition coefficient (Wildman–Crippen LogP) is 0.00750. The number of aliphatic hydroxyl groups excluding tert-OH is 1. The lowest BCUT2D eigenvalue weighted by molar-refractivity contribution is -0.804. The van der Waals surface area contributed by atoms with E-state index in [4.69, 9.17) is 9.84 Å². The molecule has 1 heterocycles. The fourth-order valence-corrected chi connectivity index (χ4v) is 1.98. The van der Waals surface area contributed by atoms with Crippen molar-refractivity contribution in [1.82, 2.24) is 15.4 Å². The van der Waals surface area contributed by atoms with E-state index in [2.05, 4.69) is 47.7 Å². The SMILES string of the molecule is CC(C)N(CCNC(=O)Oc1c(CO)no[n+]1[O-])C(C)C. The van der Waals surface area contributed by atoms with Crippen molar-refractivity contribution in [2.24, 2.45) is 0 Å². The lowest BCUT2D eigenvalue weighted by Gasteiger charge is -2.30. The Balaban J connectivity index is 2.46. The highest BCUT2D eigenvalue weighted by Crippen LogP contribution is 2.10. The minimum Gasteiger partial charge on any atom is -0.387 e. The summed E-state index contributed by atoms with van der Waals surface area (Å²) in [6.45, 7) is 8.75. The molecule has 0 atom stereocenters. The van der Waals surface area contributed by atoms with E-state index >= 15 is 0 Å². The Morgan fingerprint density at radius 1 is 1.48 bits per heavy atom. The Hall–Kier alpha value is -1.87. The van der Waals surface area contributed by atoms with Gasteiger partial charge in [0.25, 0.3) is 5.69 Å². The van der Waals surface area contributed by atoms with Crippen molar-refractivity contribution in [1.29, 1.82) is 0 Å². The van der Waals surface area contributed by atoms with E-state index < -0.39 is 18.6 Å². The minimum absolute atomic E-state index is 0.0698. The van der Waals surface area contributed by atoms with E-state index in [1.54, 1.807) is 0 Å². The van der Waals surface area contributed by atoms with Crippen molar-refractivity contribution in [3.63, 3.8) is 0 Å². The van der Waals surface area contributed by atoms with Gasteiger partial charge in [-0.2, -0.15) is 0 Å². The topological polar surface area (TPSA) is 115 Å². The van der Waals surface area contributed by atoms with Crippen LogP contribution in [0.2, 0.25) is 0 Å². The summed E-state index contributed by atoms with van der Waals surface area (Å²) in [7, 11) is 0. The quantitative estimate of drug-likeness (QED) is 0.682. The summed E-state index contributed by atoms with van der Waals surface area (Å²) in [5.74, 6) is -0.459. The van der Waals surface area contributed by atoms with Crippen LogP contribution in [0.5, 0.6) is 5.88 Å². The second-order valence-corrected chi connectivity index (χ2v) is 5.08. The van der Waals surface area contributed by atoms with Crippen molar-refractivity contribution < 1.29 is 24.2 Å². The Morgan fingerprint density at radius 2 is 2.10 bits per heavy atom. The normalized spacial score (nSPS) is 11.4. The van der Waals surface area contributed by atoms with Gasteiger partial charge < -0.3 is 20.4 Å². The maximum Gasteiger partial charge on any atom is 0.415 e. The summed E-state index contributed by atoms with van der Waals surface area (Å²) in [4.78, 5) is 13.7. The molecule has 120 valence electrons. The monoisotopic (exact) mass is 302 g/mol. The average molecular weight is 302 g/mol. The molecular weight excluding hydrogens is 280 g/mol. The molecule has 0 aromatic carbocycles. The van der Waals surface area contributed by atoms with Gasteiger partial charge in [0.2, 0.25) is 0 Å². The zero-order valence-electron chi connectivity index (χ0n) is 12.7. The van der Waals surface area contributed by atoms with Crippen LogP contribution in [0.15, 0.2) is 4.63 Å². The zero-order chi connectivity index (χ0) is 16.0. The Bertz CT molecular complexity index is 453. The zero-order valence-corrected chi connectivity index (χ0v) is 12.7. The van der Waals surface area contributed by atoms with Gasteiger partial charge in [-0.1, -0.05) is 0 Å². The van der Waals surface area contributed by atoms with Crippen LogP contribution in [-0.2, 0) is 6.61 Å². The molecule has 9 nitrogen and oxygen atoms in total. The molecule has 2 N–H and O–H groups in total. The number of hydrogen-bond donors (Lipinski definition) is 2. The van der Waals surface area contributed by atoms with Crippen LogP contribution in [0.3, 0.4) is 0 Å². The number of hydrogen-bond acceptors (Lipinski definition) is 7. The standard InChI is InChI=1S/C12H22N4O5/c1-8(2)15(9(3)4)6-5-13-12(18)20-11-10(7-17)14-21-16(11)19/h8-9,17H,5-7H2,1-4H3,(H,13,18). The van der Waals surface area contributed by atoms with Gasteiger partial charge in [-0.15, -0.1) is 0 Å². The number of nitrogens with one attached hydrogen (secondary N) is 1. The fraction of sp³-hybridized carbons (Fsp3) is 0.750. The van der Waals surface area contributed by atoms with Crippen molar-refractivity contribution in [3.8, 4) is 5.88 Å². The molecule has 0 aliphatic heterocycles. The molecule has 21 heavy (non-hydrogen) atoms. The number of rotatable bonds is 7. The molecule has 0 aliphatic carbocycles. The first kappa shape index (κ1) is 17.2. The van der Waals surface area contributed by atoms with Crippen molar-refractivity contribution in [2.45, 2.75) is 46.4 Å². The van der Waals surface area contributed by atoms with Crippen molar-refractivity contribution >= 4 is 6.09 Å². The van der Waals surface area contributed by atoms with Gasteiger partial charge in [0.05, 0.1) is 0 Å². The molecule has 0 saturated heterocycles. The molecule has 1 rings (SSSR count). The highest BCUT2D eigenvalue weighted by molar-refractivity contribution is 5.69. The second-order valence-electron chi connectivity index (χ2n) is 5.08. The maximum atomic E-state index is 11.6. The minimum atomic E-state index is -0.801. The molecule has 0 radical (unpaired) electrons. The van der Waals surface area contributed by atoms with Crippen LogP contribution in [0.25, 0.3) is 0 Å². The summed E-state index contributed by atoms with van der Waals surface area (Å²) in [5.41, 5.74) is -0.133. The smallest absolute Gasteiger partial charge is 0.387 e.